The summed E-state index contributed by atoms with van der Waals surface area (Å²) >= 11 is 0. The smallest absolute Gasteiger partial charge is 0.247 e. The molecule has 3 aromatic rings. The molecule has 11 heteroatoms. The van der Waals surface area contributed by atoms with Gasteiger partial charge >= 0.3 is 0 Å². The van der Waals surface area contributed by atoms with E-state index in [1.165, 1.54) is 28.9 Å². The monoisotopic (exact) mass is 510 g/mol. The number of hydrogen-bond donors (Lipinski definition) is 1. The third-order valence-corrected chi connectivity index (χ3v) is 6.51. The Morgan fingerprint density at radius 3 is 2.49 bits per heavy atom. The van der Waals surface area contributed by atoms with Crippen LogP contribution in [0.5, 0.6) is 11.5 Å². The first kappa shape index (κ1) is 26.1. The molecule has 1 aromatic heterocycles. The van der Waals surface area contributed by atoms with Gasteiger partial charge in [0.15, 0.2) is 11.5 Å². The van der Waals surface area contributed by atoms with Gasteiger partial charge in [0.05, 0.1) is 14.2 Å². The van der Waals surface area contributed by atoms with Crippen LogP contribution in [0.3, 0.4) is 0 Å². The van der Waals surface area contributed by atoms with Crippen molar-refractivity contribution >= 4 is 11.8 Å². The molecular weight excluding hydrogens is 479 g/mol. The van der Waals surface area contributed by atoms with Gasteiger partial charge in [0, 0.05) is 18.2 Å². The fourth-order valence-electron chi connectivity index (χ4n) is 4.37. The SMILES string of the molecule is COc1ccc(-c2nnn(CC(=O)N(Cc3ccc(F)cc3)[C@H](C)C(=O)NC3CCCC3)n2)cc1OC. The van der Waals surface area contributed by atoms with Crippen molar-refractivity contribution < 1.29 is 23.5 Å². The minimum Gasteiger partial charge on any atom is -0.493 e. The van der Waals surface area contributed by atoms with Gasteiger partial charge in [-0.3, -0.25) is 9.59 Å². The van der Waals surface area contributed by atoms with E-state index in [1.54, 1.807) is 44.4 Å². The van der Waals surface area contributed by atoms with E-state index >= 15 is 0 Å². The van der Waals surface area contributed by atoms with Crippen molar-refractivity contribution in [2.45, 2.75) is 57.8 Å². The lowest BCUT2D eigenvalue weighted by molar-refractivity contribution is -0.141. The van der Waals surface area contributed by atoms with Crippen molar-refractivity contribution in [2.75, 3.05) is 14.2 Å². The maximum Gasteiger partial charge on any atom is 0.247 e. The molecule has 0 bridgehead atoms. The zero-order valence-electron chi connectivity index (χ0n) is 21.2. The van der Waals surface area contributed by atoms with Gasteiger partial charge in [0.2, 0.25) is 17.6 Å². The normalized spacial score (nSPS) is 14.3. The summed E-state index contributed by atoms with van der Waals surface area (Å²) < 4.78 is 24.0. The van der Waals surface area contributed by atoms with E-state index in [-0.39, 0.29) is 36.8 Å². The summed E-state index contributed by atoms with van der Waals surface area (Å²) in [5.41, 5.74) is 1.34. The van der Waals surface area contributed by atoms with E-state index in [1.807, 2.05) is 0 Å². The first-order valence-corrected chi connectivity index (χ1v) is 12.2. The molecule has 1 fully saturated rings. The molecule has 0 unspecified atom stereocenters. The summed E-state index contributed by atoms with van der Waals surface area (Å²) in [6.07, 6.45) is 4.04. The third-order valence-electron chi connectivity index (χ3n) is 6.51. The molecule has 0 aliphatic heterocycles. The summed E-state index contributed by atoms with van der Waals surface area (Å²) in [7, 11) is 3.08. The first-order valence-electron chi connectivity index (χ1n) is 12.2. The largest absolute Gasteiger partial charge is 0.493 e. The van der Waals surface area contributed by atoms with Crippen molar-refractivity contribution in [3.8, 4) is 22.9 Å². The van der Waals surface area contributed by atoms with Crippen LogP contribution in [-0.4, -0.2) is 63.2 Å². The zero-order chi connectivity index (χ0) is 26.4. The van der Waals surface area contributed by atoms with Gasteiger partial charge in [0.25, 0.3) is 0 Å². The quantitative estimate of drug-likeness (QED) is 0.446. The number of carbonyl (C=O) groups excluding carboxylic acids is 2. The van der Waals surface area contributed by atoms with Crippen molar-refractivity contribution in [3.63, 3.8) is 0 Å². The van der Waals surface area contributed by atoms with E-state index in [4.69, 9.17) is 9.47 Å². The summed E-state index contributed by atoms with van der Waals surface area (Å²) in [6, 6.07) is 10.4. The Morgan fingerprint density at radius 2 is 1.81 bits per heavy atom. The predicted molar refractivity (Wildman–Crippen MR) is 133 cm³/mol. The maximum absolute atomic E-state index is 13.4. The van der Waals surface area contributed by atoms with Crippen LogP contribution in [0.2, 0.25) is 0 Å². The van der Waals surface area contributed by atoms with E-state index in [0.717, 1.165) is 25.7 Å². The number of amides is 2. The number of carbonyl (C=O) groups is 2. The van der Waals surface area contributed by atoms with Crippen molar-refractivity contribution in [3.05, 3.63) is 53.8 Å². The van der Waals surface area contributed by atoms with Gasteiger partial charge in [-0.15, -0.1) is 10.2 Å². The van der Waals surface area contributed by atoms with E-state index in [9.17, 15) is 14.0 Å². The molecule has 2 amide bonds. The van der Waals surface area contributed by atoms with E-state index < -0.39 is 6.04 Å². The van der Waals surface area contributed by atoms with Gasteiger partial charge < -0.3 is 19.7 Å². The lowest BCUT2D eigenvalue weighted by Gasteiger charge is -2.29. The molecule has 0 radical (unpaired) electrons. The highest BCUT2D eigenvalue weighted by Gasteiger charge is 2.29. The zero-order valence-corrected chi connectivity index (χ0v) is 21.2. The lowest BCUT2D eigenvalue weighted by atomic mass is 10.1. The number of tetrazole rings is 1. The maximum atomic E-state index is 13.4. The Balaban J connectivity index is 1.51. The van der Waals surface area contributed by atoms with Crippen LogP contribution >= 0.6 is 0 Å². The number of ether oxygens (including phenoxy) is 2. The highest BCUT2D eigenvalue weighted by Crippen LogP contribution is 2.30. The molecule has 0 saturated heterocycles. The van der Waals surface area contributed by atoms with Crippen LogP contribution in [0, 0.1) is 5.82 Å². The van der Waals surface area contributed by atoms with Gasteiger partial charge in [0.1, 0.15) is 18.4 Å². The first-order chi connectivity index (χ1) is 17.9. The summed E-state index contributed by atoms with van der Waals surface area (Å²) in [4.78, 5) is 29.1. The molecule has 10 nitrogen and oxygen atoms in total. The van der Waals surface area contributed by atoms with Crippen LogP contribution in [0.25, 0.3) is 11.4 Å². The molecule has 1 atom stereocenters. The minimum atomic E-state index is -0.744. The molecule has 1 N–H and O–H groups in total. The molecule has 196 valence electrons. The van der Waals surface area contributed by atoms with Gasteiger partial charge in [-0.05, 0) is 60.9 Å². The Kier molecular flexibility index (Phi) is 8.32. The van der Waals surface area contributed by atoms with Gasteiger partial charge in [-0.25, -0.2) is 4.39 Å². The van der Waals surface area contributed by atoms with Crippen molar-refractivity contribution in [1.29, 1.82) is 0 Å². The van der Waals surface area contributed by atoms with Gasteiger partial charge in [-0.1, -0.05) is 25.0 Å². The number of halogens is 1. The summed E-state index contributed by atoms with van der Waals surface area (Å²) in [5.74, 6) is 0.429. The molecule has 37 heavy (non-hydrogen) atoms. The number of benzene rings is 2. The number of rotatable bonds is 10. The molecule has 1 saturated carbocycles. The average Bonchev–Trinajstić information content (AvgIpc) is 3.59. The standard InChI is InChI=1S/C26H31FN6O4/c1-17(26(35)28-21-6-4-5-7-21)32(15-18-8-11-20(27)12-9-18)24(34)16-33-30-25(29-31-33)19-10-13-22(36-2)23(14-19)37-3/h8-14,17,21H,4-7,15-16H2,1-3H3,(H,28,35)/t17-/m1/s1. The Bertz CT molecular complexity index is 1230. The predicted octanol–water partition coefficient (Wildman–Crippen LogP) is 2.97. The number of hydrogen-bond acceptors (Lipinski definition) is 7. The molecular formula is C26H31FN6O4. The van der Waals surface area contributed by atoms with Crippen LogP contribution in [0.15, 0.2) is 42.5 Å². The van der Waals surface area contributed by atoms with Gasteiger partial charge in [-0.2, -0.15) is 4.80 Å². The Hall–Kier alpha value is -4.02. The van der Waals surface area contributed by atoms with Crippen LogP contribution in [0.1, 0.15) is 38.2 Å². The molecule has 1 aliphatic rings. The third kappa shape index (κ3) is 6.41. The van der Waals surface area contributed by atoms with Crippen LogP contribution in [0.4, 0.5) is 4.39 Å². The number of nitrogens with zero attached hydrogens (tertiary/aromatic N) is 5. The second kappa shape index (κ2) is 11.8. The number of aromatic nitrogens is 4. The summed E-state index contributed by atoms with van der Waals surface area (Å²) in [6.45, 7) is 1.60. The highest BCUT2D eigenvalue weighted by atomic mass is 19.1. The van der Waals surface area contributed by atoms with E-state index in [2.05, 4.69) is 20.7 Å². The van der Waals surface area contributed by atoms with Crippen LogP contribution < -0.4 is 14.8 Å². The second-order valence-corrected chi connectivity index (χ2v) is 9.03. The molecule has 1 aliphatic carbocycles. The minimum absolute atomic E-state index is 0.124. The van der Waals surface area contributed by atoms with Crippen molar-refractivity contribution in [2.24, 2.45) is 0 Å². The lowest BCUT2D eigenvalue weighted by Crippen LogP contribution is -2.50. The fourth-order valence-corrected chi connectivity index (χ4v) is 4.37. The van der Waals surface area contributed by atoms with E-state index in [0.29, 0.717) is 28.5 Å². The topological polar surface area (TPSA) is 111 Å². The molecule has 0 spiro atoms. The highest BCUT2D eigenvalue weighted by molar-refractivity contribution is 5.87. The summed E-state index contributed by atoms with van der Waals surface area (Å²) in [5, 5.41) is 15.5. The Morgan fingerprint density at radius 1 is 1.11 bits per heavy atom. The van der Waals surface area contributed by atoms with Crippen LogP contribution in [-0.2, 0) is 22.7 Å². The molecule has 4 rings (SSSR count). The Labute approximate surface area is 214 Å². The number of methoxy groups -OCH3 is 2. The molecule has 2 aromatic carbocycles. The fraction of sp³-hybridized carbons (Fsp3) is 0.423. The second-order valence-electron chi connectivity index (χ2n) is 9.03. The number of nitrogens with one attached hydrogen (secondary N) is 1. The molecule has 1 heterocycles. The van der Waals surface area contributed by atoms with Crippen molar-refractivity contribution in [1.82, 2.24) is 30.4 Å². The average molecular weight is 511 g/mol.